The molecule has 0 radical (unpaired) electrons. The van der Waals surface area contributed by atoms with Crippen molar-refractivity contribution in [3.63, 3.8) is 0 Å². The number of alkyl halides is 1. The molecule has 0 fully saturated rings. The van der Waals surface area contributed by atoms with E-state index < -0.39 is 5.97 Å². The molecule has 1 unspecified atom stereocenters. The Morgan fingerprint density at radius 1 is 1.70 bits per heavy atom. The minimum Gasteiger partial charge on any atom is -0.481 e. The van der Waals surface area contributed by atoms with Crippen LogP contribution in [-0.4, -0.2) is 16.0 Å². The molecule has 0 aromatic heterocycles. The lowest BCUT2D eigenvalue weighted by Gasteiger charge is -2.17. The molecule has 1 N–H and O–H groups in total. The van der Waals surface area contributed by atoms with Crippen LogP contribution in [0.2, 0.25) is 0 Å². The van der Waals surface area contributed by atoms with E-state index in [0.717, 1.165) is 6.42 Å². The van der Waals surface area contributed by atoms with Gasteiger partial charge in [-0.2, -0.15) is 0 Å². The van der Waals surface area contributed by atoms with Gasteiger partial charge in [-0.05, 0) is 19.8 Å². The third-order valence-corrected chi connectivity index (χ3v) is 2.05. The first-order valence-corrected chi connectivity index (χ1v) is 3.76. The molecule has 60 valence electrons. The van der Waals surface area contributed by atoms with Gasteiger partial charge in [0.1, 0.15) is 0 Å². The molecular weight excluding hydrogens is 152 g/mol. The highest BCUT2D eigenvalue weighted by molar-refractivity contribution is 6.23. The van der Waals surface area contributed by atoms with Crippen LogP contribution in [0.5, 0.6) is 0 Å². The third kappa shape index (κ3) is 4.62. The summed E-state index contributed by atoms with van der Waals surface area (Å²) in [7, 11) is 0. The van der Waals surface area contributed by atoms with E-state index in [1.54, 1.807) is 0 Å². The average Bonchev–Trinajstić information content (AvgIpc) is 1.85. The molecule has 0 saturated heterocycles. The predicted molar refractivity (Wildman–Crippen MR) is 41.4 cm³/mol. The fourth-order valence-corrected chi connectivity index (χ4v) is 0.639. The molecule has 0 aliphatic rings. The molecule has 0 aromatic carbocycles. The predicted octanol–water partition coefficient (Wildman–Crippen LogP) is 2.26. The van der Waals surface area contributed by atoms with E-state index in [-0.39, 0.29) is 11.3 Å². The van der Waals surface area contributed by atoms with Gasteiger partial charge >= 0.3 is 5.97 Å². The average molecular weight is 165 g/mol. The Morgan fingerprint density at radius 2 is 2.20 bits per heavy atom. The molecule has 0 amide bonds. The fraction of sp³-hybridized carbons (Fsp3) is 0.857. The van der Waals surface area contributed by atoms with E-state index in [4.69, 9.17) is 16.7 Å². The molecule has 0 saturated carbocycles. The Hall–Kier alpha value is -0.240. The Morgan fingerprint density at radius 3 is 2.50 bits per heavy atom. The Bertz CT molecular complexity index is 121. The summed E-state index contributed by atoms with van der Waals surface area (Å²) in [5.41, 5.74) is 0. The topological polar surface area (TPSA) is 37.3 Å². The second-order valence-corrected chi connectivity index (χ2v) is 3.57. The fourth-order valence-electron chi connectivity index (χ4n) is 0.544. The van der Waals surface area contributed by atoms with Crippen LogP contribution < -0.4 is 0 Å². The van der Waals surface area contributed by atoms with Gasteiger partial charge in [-0.1, -0.05) is 6.92 Å². The minimum absolute atomic E-state index is 0.161. The van der Waals surface area contributed by atoms with Crippen molar-refractivity contribution in [2.75, 3.05) is 0 Å². The standard InChI is InChI=1S/C7H13ClO2/c1-3-7(2,8)5-4-6(9)10/h3-5H2,1-2H3,(H,9,10). The van der Waals surface area contributed by atoms with Crippen LogP contribution in [0.1, 0.15) is 33.1 Å². The number of hydrogen-bond acceptors (Lipinski definition) is 1. The van der Waals surface area contributed by atoms with Crippen LogP contribution in [0.3, 0.4) is 0 Å². The number of carbonyl (C=O) groups is 1. The number of rotatable bonds is 4. The van der Waals surface area contributed by atoms with Crippen molar-refractivity contribution in [2.24, 2.45) is 0 Å². The monoisotopic (exact) mass is 164 g/mol. The SMILES string of the molecule is CCC(C)(Cl)CCC(=O)O. The zero-order chi connectivity index (χ0) is 8.20. The van der Waals surface area contributed by atoms with Crippen LogP contribution in [0.15, 0.2) is 0 Å². The second-order valence-electron chi connectivity index (χ2n) is 2.66. The summed E-state index contributed by atoms with van der Waals surface area (Å²) in [6.07, 6.45) is 1.51. The van der Waals surface area contributed by atoms with E-state index in [2.05, 4.69) is 0 Å². The maximum absolute atomic E-state index is 10.1. The molecule has 0 aliphatic heterocycles. The lowest BCUT2D eigenvalue weighted by atomic mass is 10.0. The number of aliphatic carboxylic acids is 1. The van der Waals surface area contributed by atoms with Crippen molar-refractivity contribution in [3.8, 4) is 0 Å². The Labute approximate surface area is 66.2 Å². The first-order chi connectivity index (χ1) is 4.48. The van der Waals surface area contributed by atoms with Crippen molar-refractivity contribution in [1.82, 2.24) is 0 Å². The number of halogens is 1. The summed E-state index contributed by atoms with van der Waals surface area (Å²) in [5, 5.41) is 8.31. The lowest BCUT2D eigenvalue weighted by Crippen LogP contribution is -2.16. The molecule has 2 nitrogen and oxygen atoms in total. The van der Waals surface area contributed by atoms with Crippen molar-refractivity contribution in [2.45, 2.75) is 38.0 Å². The molecule has 0 aromatic rings. The molecular formula is C7H13ClO2. The summed E-state index contributed by atoms with van der Waals surface area (Å²) >= 11 is 5.90. The highest BCUT2D eigenvalue weighted by Gasteiger charge is 2.18. The Balaban J connectivity index is 3.56. The van der Waals surface area contributed by atoms with Crippen LogP contribution in [0.25, 0.3) is 0 Å². The van der Waals surface area contributed by atoms with Crippen LogP contribution in [0.4, 0.5) is 0 Å². The van der Waals surface area contributed by atoms with Crippen molar-refractivity contribution < 1.29 is 9.90 Å². The van der Waals surface area contributed by atoms with Gasteiger partial charge in [0, 0.05) is 11.3 Å². The molecule has 1 atom stereocenters. The van der Waals surface area contributed by atoms with Crippen LogP contribution in [-0.2, 0) is 4.79 Å². The van der Waals surface area contributed by atoms with E-state index in [0.29, 0.717) is 6.42 Å². The Kier molecular flexibility index (Phi) is 3.72. The van der Waals surface area contributed by atoms with E-state index in [1.165, 1.54) is 0 Å². The molecule has 0 rings (SSSR count). The molecule has 0 heterocycles. The highest BCUT2D eigenvalue weighted by Crippen LogP contribution is 2.24. The number of hydrogen-bond donors (Lipinski definition) is 1. The molecule has 3 heteroatoms. The third-order valence-electron chi connectivity index (χ3n) is 1.60. The van der Waals surface area contributed by atoms with Crippen LogP contribution in [0, 0.1) is 0 Å². The van der Waals surface area contributed by atoms with Crippen molar-refractivity contribution in [1.29, 1.82) is 0 Å². The van der Waals surface area contributed by atoms with Gasteiger partial charge in [-0.3, -0.25) is 4.79 Å². The lowest BCUT2D eigenvalue weighted by molar-refractivity contribution is -0.137. The van der Waals surface area contributed by atoms with Gasteiger partial charge in [0.25, 0.3) is 0 Å². The van der Waals surface area contributed by atoms with Crippen molar-refractivity contribution >= 4 is 17.6 Å². The summed E-state index contributed by atoms with van der Waals surface area (Å²) < 4.78 is 0. The second kappa shape index (κ2) is 3.81. The number of carboxylic acids is 1. The minimum atomic E-state index is -0.777. The highest BCUT2D eigenvalue weighted by atomic mass is 35.5. The maximum Gasteiger partial charge on any atom is 0.303 e. The molecule has 0 bridgehead atoms. The van der Waals surface area contributed by atoms with Gasteiger partial charge in [-0.25, -0.2) is 0 Å². The van der Waals surface area contributed by atoms with Gasteiger partial charge in [0.2, 0.25) is 0 Å². The van der Waals surface area contributed by atoms with Gasteiger partial charge in [0.05, 0.1) is 0 Å². The largest absolute Gasteiger partial charge is 0.481 e. The molecule has 0 aliphatic carbocycles. The van der Waals surface area contributed by atoms with Gasteiger partial charge in [-0.15, -0.1) is 11.6 Å². The van der Waals surface area contributed by atoms with Gasteiger partial charge in [0.15, 0.2) is 0 Å². The van der Waals surface area contributed by atoms with E-state index in [9.17, 15) is 4.79 Å². The molecule has 0 spiro atoms. The number of carboxylic acid groups (broad SMARTS) is 1. The summed E-state index contributed by atoms with van der Waals surface area (Å²) in [4.78, 5) is 9.77. The maximum atomic E-state index is 10.1. The smallest absolute Gasteiger partial charge is 0.303 e. The summed E-state index contributed by atoms with van der Waals surface area (Å²) in [6.45, 7) is 3.81. The zero-order valence-corrected chi connectivity index (χ0v) is 7.11. The summed E-state index contributed by atoms with van der Waals surface area (Å²) in [6, 6.07) is 0. The van der Waals surface area contributed by atoms with E-state index >= 15 is 0 Å². The summed E-state index contributed by atoms with van der Waals surface area (Å²) in [5.74, 6) is -0.777. The first-order valence-electron chi connectivity index (χ1n) is 3.38. The quantitative estimate of drug-likeness (QED) is 0.648. The normalized spacial score (nSPS) is 16.3. The van der Waals surface area contributed by atoms with Crippen LogP contribution >= 0.6 is 11.6 Å². The first kappa shape index (κ1) is 9.76. The van der Waals surface area contributed by atoms with Gasteiger partial charge < -0.3 is 5.11 Å². The van der Waals surface area contributed by atoms with E-state index in [1.807, 2.05) is 13.8 Å². The molecule has 10 heavy (non-hydrogen) atoms. The zero-order valence-electron chi connectivity index (χ0n) is 6.35. The van der Waals surface area contributed by atoms with Crippen molar-refractivity contribution in [3.05, 3.63) is 0 Å².